The minimum absolute atomic E-state index is 0.124. The summed E-state index contributed by atoms with van der Waals surface area (Å²) in [7, 11) is -3.58. The highest BCUT2D eigenvalue weighted by Crippen LogP contribution is 2.28. The summed E-state index contributed by atoms with van der Waals surface area (Å²) in [4.78, 5) is 31.0. The molecule has 2 heterocycles. The molecule has 1 aliphatic heterocycles. The first-order valence-corrected chi connectivity index (χ1v) is 11.8. The van der Waals surface area contributed by atoms with Gasteiger partial charge in [0.05, 0.1) is 29.5 Å². The minimum Gasteiger partial charge on any atom is -0.450 e. The van der Waals surface area contributed by atoms with Gasteiger partial charge in [0.25, 0.3) is 0 Å². The van der Waals surface area contributed by atoms with E-state index in [1.807, 2.05) is 0 Å². The molecule has 1 aromatic carbocycles. The monoisotopic (exact) mass is 457 g/mol. The fourth-order valence-electron chi connectivity index (χ4n) is 2.79. The zero-order valence-electron chi connectivity index (χ0n) is 15.7. The molecule has 0 bridgehead atoms. The third-order valence-electron chi connectivity index (χ3n) is 4.27. The van der Waals surface area contributed by atoms with Gasteiger partial charge in [-0.05, 0) is 31.2 Å². The number of nitrogens with zero attached hydrogens (tertiary/aromatic N) is 2. The van der Waals surface area contributed by atoms with E-state index in [1.165, 1.54) is 35.6 Å². The van der Waals surface area contributed by atoms with Crippen molar-refractivity contribution in [3.63, 3.8) is 0 Å². The Morgan fingerprint density at radius 2 is 2.03 bits per heavy atom. The molecule has 3 rings (SSSR count). The average molecular weight is 458 g/mol. The summed E-state index contributed by atoms with van der Waals surface area (Å²) in [6, 6.07) is 5.82. The summed E-state index contributed by atoms with van der Waals surface area (Å²) in [5.74, 6) is -0.752. The first-order chi connectivity index (χ1) is 13.8. The summed E-state index contributed by atoms with van der Waals surface area (Å²) in [5.41, 5.74) is 0.833. The summed E-state index contributed by atoms with van der Waals surface area (Å²) >= 11 is 7.05. The Labute approximate surface area is 177 Å². The lowest BCUT2D eigenvalue weighted by Gasteiger charge is -2.24. The number of nitrogens with one attached hydrogen (secondary N) is 1. The number of aromatic nitrogens is 1. The van der Waals surface area contributed by atoms with Crippen LogP contribution in [-0.2, 0) is 32.3 Å². The molecular formula is C18H20ClN3O5S2. The number of hydrogen-bond acceptors (Lipinski definition) is 7. The Balaban J connectivity index is 1.57. The molecule has 0 aliphatic carbocycles. The summed E-state index contributed by atoms with van der Waals surface area (Å²) in [6.07, 6.45) is 0.0138. The number of amides is 2. The number of carbonyl (C=O) groups is 2. The van der Waals surface area contributed by atoms with Gasteiger partial charge in [0.2, 0.25) is 5.91 Å². The van der Waals surface area contributed by atoms with E-state index in [-0.39, 0.29) is 23.2 Å². The van der Waals surface area contributed by atoms with E-state index < -0.39 is 15.7 Å². The van der Waals surface area contributed by atoms with Gasteiger partial charge in [-0.2, -0.15) is 0 Å². The molecule has 156 valence electrons. The lowest BCUT2D eigenvalue weighted by Crippen LogP contribution is -2.35. The van der Waals surface area contributed by atoms with Crippen LogP contribution in [-0.4, -0.2) is 49.2 Å². The topological polar surface area (TPSA) is 106 Å². The van der Waals surface area contributed by atoms with Gasteiger partial charge in [-0.15, -0.1) is 0 Å². The number of anilines is 1. The fourth-order valence-corrected chi connectivity index (χ4v) is 5.19. The van der Waals surface area contributed by atoms with E-state index in [4.69, 9.17) is 16.3 Å². The summed E-state index contributed by atoms with van der Waals surface area (Å²) < 4.78 is 29.7. The molecule has 0 saturated carbocycles. The molecule has 29 heavy (non-hydrogen) atoms. The van der Waals surface area contributed by atoms with Gasteiger partial charge >= 0.3 is 6.09 Å². The maximum Gasteiger partial charge on any atom is 0.410 e. The fraction of sp³-hybridized carbons (Fsp3) is 0.389. The molecule has 2 aromatic rings. The Bertz CT molecular complexity index is 1010. The second kappa shape index (κ2) is 9.10. The number of benzene rings is 1. The number of rotatable bonds is 6. The Morgan fingerprint density at radius 3 is 2.72 bits per heavy atom. The van der Waals surface area contributed by atoms with Crippen molar-refractivity contribution in [2.24, 2.45) is 0 Å². The van der Waals surface area contributed by atoms with Crippen molar-refractivity contribution in [3.05, 3.63) is 39.9 Å². The summed E-state index contributed by atoms with van der Waals surface area (Å²) in [6.45, 7) is 2.95. The van der Waals surface area contributed by atoms with Gasteiger partial charge in [-0.3, -0.25) is 4.79 Å². The maximum absolute atomic E-state index is 12.3. The highest BCUT2D eigenvalue weighted by atomic mass is 35.5. The van der Waals surface area contributed by atoms with Gasteiger partial charge in [0, 0.05) is 29.3 Å². The number of halogens is 1. The summed E-state index contributed by atoms with van der Waals surface area (Å²) in [5, 5.41) is 3.49. The van der Waals surface area contributed by atoms with Gasteiger partial charge in [0.15, 0.2) is 15.0 Å². The highest BCUT2D eigenvalue weighted by Gasteiger charge is 2.25. The molecule has 0 atom stereocenters. The Hall–Kier alpha value is -2.17. The third kappa shape index (κ3) is 5.46. The van der Waals surface area contributed by atoms with E-state index in [2.05, 4.69) is 10.3 Å². The van der Waals surface area contributed by atoms with Crippen LogP contribution >= 0.6 is 22.9 Å². The standard InChI is InChI=1S/C18H20ClN3O5S2/c1-2-27-18(24)22-9-7-14-15(11-22)28-17(20-14)21-16(23)8-10-29(25,26)13-5-3-12(19)4-6-13/h3-6H,2,7-11H2,1H3,(H,20,21,23). The van der Waals surface area contributed by atoms with E-state index in [0.29, 0.717) is 36.3 Å². The largest absolute Gasteiger partial charge is 0.450 e. The lowest BCUT2D eigenvalue weighted by molar-refractivity contribution is -0.115. The molecule has 0 saturated heterocycles. The quantitative estimate of drug-likeness (QED) is 0.714. The molecule has 8 nitrogen and oxygen atoms in total. The molecule has 1 N–H and O–H groups in total. The SMILES string of the molecule is CCOC(=O)N1CCc2nc(NC(=O)CCS(=O)(=O)c3ccc(Cl)cc3)sc2C1. The van der Waals surface area contributed by atoms with E-state index in [9.17, 15) is 18.0 Å². The molecular weight excluding hydrogens is 438 g/mol. The van der Waals surface area contributed by atoms with Gasteiger partial charge in [-0.25, -0.2) is 18.2 Å². The molecule has 11 heteroatoms. The van der Waals surface area contributed by atoms with Crippen molar-refractivity contribution in [1.82, 2.24) is 9.88 Å². The second-order valence-corrected chi connectivity index (χ2v) is 9.96. The van der Waals surface area contributed by atoms with Crippen LogP contribution in [0.25, 0.3) is 0 Å². The normalized spacial score (nSPS) is 13.7. The smallest absolute Gasteiger partial charge is 0.410 e. The van der Waals surface area contributed by atoms with Gasteiger partial charge in [0.1, 0.15) is 0 Å². The van der Waals surface area contributed by atoms with Crippen LogP contribution in [0.15, 0.2) is 29.2 Å². The van der Waals surface area contributed by atoms with Crippen molar-refractivity contribution in [2.75, 3.05) is 24.2 Å². The maximum atomic E-state index is 12.3. The van der Waals surface area contributed by atoms with Crippen LogP contribution in [0.3, 0.4) is 0 Å². The lowest BCUT2D eigenvalue weighted by atomic mass is 10.2. The van der Waals surface area contributed by atoms with Gasteiger partial charge < -0.3 is 15.0 Å². The van der Waals surface area contributed by atoms with Crippen LogP contribution in [0.2, 0.25) is 5.02 Å². The second-order valence-electron chi connectivity index (χ2n) is 6.33. The molecule has 2 amide bonds. The van der Waals surface area contributed by atoms with Crippen molar-refractivity contribution >= 4 is 49.9 Å². The van der Waals surface area contributed by atoms with Crippen molar-refractivity contribution < 1.29 is 22.7 Å². The van der Waals surface area contributed by atoms with Crippen molar-refractivity contribution in [3.8, 4) is 0 Å². The molecule has 0 radical (unpaired) electrons. The number of hydrogen-bond donors (Lipinski definition) is 1. The van der Waals surface area contributed by atoms with Crippen LogP contribution < -0.4 is 5.32 Å². The highest BCUT2D eigenvalue weighted by molar-refractivity contribution is 7.91. The predicted octanol–water partition coefficient (Wildman–Crippen LogP) is 3.11. The van der Waals surface area contributed by atoms with Crippen LogP contribution in [0.4, 0.5) is 9.93 Å². The first kappa shape index (κ1) is 21.5. The van der Waals surface area contributed by atoms with Crippen LogP contribution in [0, 0.1) is 0 Å². The zero-order chi connectivity index (χ0) is 21.0. The first-order valence-electron chi connectivity index (χ1n) is 8.97. The molecule has 1 aromatic heterocycles. The average Bonchev–Trinajstić information content (AvgIpc) is 3.08. The number of thiazole rings is 1. The van der Waals surface area contributed by atoms with Crippen molar-refractivity contribution in [2.45, 2.75) is 31.2 Å². The Morgan fingerprint density at radius 1 is 1.31 bits per heavy atom. The Kier molecular flexibility index (Phi) is 6.76. The third-order valence-corrected chi connectivity index (χ3v) is 7.26. The molecule has 0 spiro atoms. The van der Waals surface area contributed by atoms with Crippen LogP contribution in [0.5, 0.6) is 0 Å². The van der Waals surface area contributed by atoms with Gasteiger partial charge in [-0.1, -0.05) is 22.9 Å². The number of carbonyl (C=O) groups excluding carboxylic acids is 2. The number of fused-ring (bicyclic) bond motifs is 1. The minimum atomic E-state index is -3.58. The molecule has 0 unspecified atom stereocenters. The van der Waals surface area contributed by atoms with Crippen LogP contribution in [0.1, 0.15) is 23.9 Å². The number of ether oxygens (including phenoxy) is 1. The zero-order valence-corrected chi connectivity index (χ0v) is 18.1. The predicted molar refractivity (Wildman–Crippen MR) is 110 cm³/mol. The van der Waals surface area contributed by atoms with Crippen molar-refractivity contribution in [1.29, 1.82) is 0 Å². The van der Waals surface area contributed by atoms with E-state index >= 15 is 0 Å². The number of sulfone groups is 1. The van der Waals surface area contributed by atoms with E-state index in [0.717, 1.165) is 10.6 Å². The molecule has 1 aliphatic rings. The van der Waals surface area contributed by atoms with E-state index in [1.54, 1.807) is 11.8 Å². The molecule has 0 fully saturated rings.